The van der Waals surface area contributed by atoms with Crippen LogP contribution < -0.4 is 4.74 Å². The highest BCUT2D eigenvalue weighted by atomic mass is 16.7. The van der Waals surface area contributed by atoms with Gasteiger partial charge in [-0.2, -0.15) is 0 Å². The second-order valence-electron chi connectivity index (χ2n) is 8.25. The van der Waals surface area contributed by atoms with Gasteiger partial charge in [-0.3, -0.25) is 19.2 Å². The fourth-order valence-corrected chi connectivity index (χ4v) is 3.78. The Morgan fingerprint density at radius 3 is 2.08 bits per heavy atom. The zero-order valence-corrected chi connectivity index (χ0v) is 21.2. The highest BCUT2D eigenvalue weighted by molar-refractivity contribution is 5.68. The number of unbranched alkanes of at least 4 members (excludes halogenated alkanes) is 1. The highest BCUT2D eigenvalue weighted by Gasteiger charge is 2.52. The van der Waals surface area contributed by atoms with Gasteiger partial charge in [-0.25, -0.2) is 0 Å². The molecule has 0 aromatic heterocycles. The lowest BCUT2D eigenvalue weighted by molar-refractivity contribution is -0.308. The van der Waals surface area contributed by atoms with Gasteiger partial charge >= 0.3 is 23.9 Å². The largest absolute Gasteiger partial charge is 0.497 e. The Labute approximate surface area is 210 Å². The van der Waals surface area contributed by atoms with Crippen LogP contribution in [-0.4, -0.2) is 74.9 Å². The van der Waals surface area contributed by atoms with E-state index in [1.807, 2.05) is 24.3 Å². The van der Waals surface area contributed by atoms with Crippen LogP contribution in [-0.2, 0) is 54.0 Å². The van der Waals surface area contributed by atoms with E-state index in [-0.39, 0.29) is 13.2 Å². The van der Waals surface area contributed by atoms with E-state index < -0.39 is 54.6 Å². The topological polar surface area (TPSA) is 133 Å². The van der Waals surface area contributed by atoms with Crippen LogP contribution in [0.1, 0.15) is 46.1 Å². The van der Waals surface area contributed by atoms with E-state index in [0.717, 1.165) is 24.2 Å². The molecule has 0 saturated carbocycles. The van der Waals surface area contributed by atoms with E-state index in [1.54, 1.807) is 7.11 Å². The normalized spacial score (nSPS) is 23.3. The van der Waals surface area contributed by atoms with Crippen molar-refractivity contribution in [3.63, 3.8) is 0 Å². The Hall–Kier alpha value is -3.18. The Morgan fingerprint density at radius 2 is 1.47 bits per heavy atom. The van der Waals surface area contributed by atoms with Crippen molar-refractivity contribution in [2.75, 3.05) is 20.3 Å². The summed E-state index contributed by atoms with van der Waals surface area (Å²) in [6.45, 7) is 4.67. The number of hydrogen-bond acceptors (Lipinski definition) is 11. The van der Waals surface area contributed by atoms with Crippen molar-refractivity contribution in [2.24, 2.45) is 0 Å². The molecular formula is C25H34O11. The molecule has 0 bridgehead atoms. The zero-order valence-electron chi connectivity index (χ0n) is 21.2. The number of ether oxygens (including phenoxy) is 7. The molecule has 1 saturated heterocycles. The van der Waals surface area contributed by atoms with Crippen molar-refractivity contribution >= 4 is 23.9 Å². The van der Waals surface area contributed by atoms with E-state index in [4.69, 9.17) is 33.2 Å². The third kappa shape index (κ3) is 9.46. The predicted octanol–water partition coefficient (Wildman–Crippen LogP) is 2.12. The molecule has 1 heterocycles. The summed E-state index contributed by atoms with van der Waals surface area (Å²) < 4.78 is 38.2. The van der Waals surface area contributed by atoms with Crippen LogP contribution in [0.3, 0.4) is 0 Å². The molecule has 0 aliphatic carbocycles. The van der Waals surface area contributed by atoms with Crippen molar-refractivity contribution in [3.05, 3.63) is 29.8 Å². The maximum Gasteiger partial charge on any atom is 0.303 e. The molecule has 36 heavy (non-hydrogen) atoms. The predicted molar refractivity (Wildman–Crippen MR) is 124 cm³/mol. The quantitative estimate of drug-likeness (QED) is 0.233. The third-order valence-corrected chi connectivity index (χ3v) is 5.22. The number of benzene rings is 1. The molecule has 11 heteroatoms. The van der Waals surface area contributed by atoms with Gasteiger partial charge in [0.25, 0.3) is 0 Å². The minimum absolute atomic E-state index is 0.234. The smallest absolute Gasteiger partial charge is 0.303 e. The number of carbonyl (C=O) groups excluding carboxylic acids is 4. The van der Waals surface area contributed by atoms with Crippen LogP contribution in [0.25, 0.3) is 0 Å². The average Bonchev–Trinajstić information content (AvgIpc) is 2.80. The van der Waals surface area contributed by atoms with E-state index in [0.29, 0.717) is 6.42 Å². The number of esters is 4. The number of methoxy groups -OCH3 is 1. The van der Waals surface area contributed by atoms with Crippen molar-refractivity contribution in [1.82, 2.24) is 0 Å². The Balaban J connectivity index is 2.13. The number of aryl methyl sites for hydroxylation is 1. The van der Waals surface area contributed by atoms with Gasteiger partial charge in [0.2, 0.25) is 0 Å². The molecule has 1 fully saturated rings. The van der Waals surface area contributed by atoms with Gasteiger partial charge in [0.15, 0.2) is 24.6 Å². The number of carbonyl (C=O) groups is 4. The summed E-state index contributed by atoms with van der Waals surface area (Å²) in [6, 6.07) is 7.75. The van der Waals surface area contributed by atoms with Gasteiger partial charge in [-0.15, -0.1) is 0 Å². The van der Waals surface area contributed by atoms with Crippen LogP contribution in [0.5, 0.6) is 5.75 Å². The second kappa shape index (κ2) is 14.4. The van der Waals surface area contributed by atoms with Gasteiger partial charge in [-0.1, -0.05) is 12.1 Å². The zero-order chi connectivity index (χ0) is 26.7. The van der Waals surface area contributed by atoms with Crippen LogP contribution in [0, 0.1) is 0 Å². The molecule has 1 aromatic carbocycles. The van der Waals surface area contributed by atoms with Crippen LogP contribution in [0.4, 0.5) is 0 Å². The molecule has 0 unspecified atom stereocenters. The van der Waals surface area contributed by atoms with Gasteiger partial charge in [0.1, 0.15) is 18.5 Å². The molecule has 11 nitrogen and oxygen atoms in total. The fraction of sp³-hybridized carbons (Fsp3) is 0.600. The van der Waals surface area contributed by atoms with E-state index in [2.05, 4.69) is 0 Å². The minimum atomic E-state index is -1.24. The first kappa shape index (κ1) is 29.1. The molecule has 1 aliphatic rings. The molecule has 200 valence electrons. The average molecular weight is 511 g/mol. The maximum atomic E-state index is 11.9. The lowest BCUT2D eigenvalue weighted by Crippen LogP contribution is -2.63. The molecule has 0 N–H and O–H groups in total. The van der Waals surface area contributed by atoms with Gasteiger partial charge in [0.05, 0.1) is 7.11 Å². The van der Waals surface area contributed by atoms with Gasteiger partial charge in [0, 0.05) is 34.3 Å². The molecule has 0 amide bonds. The fourth-order valence-electron chi connectivity index (χ4n) is 3.78. The summed E-state index contributed by atoms with van der Waals surface area (Å²) in [5.74, 6) is -1.86. The monoisotopic (exact) mass is 510 g/mol. The van der Waals surface area contributed by atoms with Crippen molar-refractivity contribution in [3.8, 4) is 5.75 Å². The van der Waals surface area contributed by atoms with Crippen LogP contribution in [0.2, 0.25) is 0 Å². The maximum absolute atomic E-state index is 11.9. The van der Waals surface area contributed by atoms with E-state index in [1.165, 1.54) is 27.7 Å². The first-order valence-electron chi connectivity index (χ1n) is 11.7. The van der Waals surface area contributed by atoms with Crippen LogP contribution >= 0.6 is 0 Å². The Morgan fingerprint density at radius 1 is 0.833 bits per heavy atom. The number of rotatable bonds is 12. The molecule has 2 rings (SSSR count). The Bertz CT molecular complexity index is 900. The van der Waals surface area contributed by atoms with Crippen molar-refractivity contribution < 1.29 is 52.3 Å². The standard InChI is InChI=1S/C25H34O11/c1-15(26)32-14-21-22(33-16(2)27)23(34-17(3)28)24(35-18(4)29)25(36-21)31-12-7-6-9-19-10-8-11-20(13-19)30-5/h8,10-11,13,21-25H,6-7,9,12,14H2,1-5H3/t21-,22-,23+,24-,25-/m1/s1. The molecular weight excluding hydrogens is 476 g/mol. The SMILES string of the molecule is COc1cccc(CCCCO[C@@H]2O[C@H](COC(C)=O)[C@@H](OC(C)=O)[C@H](OC(C)=O)[C@H]2OC(C)=O)c1. The molecule has 0 radical (unpaired) electrons. The summed E-state index contributed by atoms with van der Waals surface area (Å²) in [5.41, 5.74) is 1.11. The van der Waals surface area contributed by atoms with Gasteiger partial charge < -0.3 is 33.2 Å². The first-order valence-corrected chi connectivity index (χ1v) is 11.7. The number of hydrogen-bond donors (Lipinski definition) is 0. The first-order chi connectivity index (χ1) is 17.1. The van der Waals surface area contributed by atoms with Crippen molar-refractivity contribution in [1.29, 1.82) is 0 Å². The van der Waals surface area contributed by atoms with Crippen LogP contribution in [0.15, 0.2) is 24.3 Å². The molecule has 0 spiro atoms. The molecule has 1 aliphatic heterocycles. The third-order valence-electron chi connectivity index (χ3n) is 5.22. The molecule has 1 aromatic rings. The lowest BCUT2D eigenvalue weighted by Gasteiger charge is -2.44. The molecule has 5 atom stereocenters. The second-order valence-corrected chi connectivity index (χ2v) is 8.25. The lowest BCUT2D eigenvalue weighted by atomic mass is 9.98. The highest BCUT2D eigenvalue weighted by Crippen LogP contribution is 2.30. The summed E-state index contributed by atoms with van der Waals surface area (Å²) in [5, 5.41) is 0. The minimum Gasteiger partial charge on any atom is -0.497 e. The Kier molecular flexibility index (Phi) is 11.6. The summed E-state index contributed by atoms with van der Waals surface area (Å²) >= 11 is 0. The van der Waals surface area contributed by atoms with Crippen molar-refractivity contribution in [2.45, 2.75) is 77.7 Å². The van der Waals surface area contributed by atoms with Gasteiger partial charge in [-0.05, 0) is 37.0 Å². The van der Waals surface area contributed by atoms with E-state index >= 15 is 0 Å². The summed E-state index contributed by atoms with van der Waals surface area (Å²) in [7, 11) is 1.61. The summed E-state index contributed by atoms with van der Waals surface area (Å²) in [4.78, 5) is 46.8. The summed E-state index contributed by atoms with van der Waals surface area (Å²) in [6.07, 6.45) is -3.64. The van der Waals surface area contributed by atoms with E-state index in [9.17, 15) is 19.2 Å².